The smallest absolute Gasteiger partial charge is 0.244 e. The van der Waals surface area contributed by atoms with E-state index in [1.165, 1.54) is 16.4 Å². The molecule has 1 aromatic rings. The zero-order valence-electron chi connectivity index (χ0n) is 10.4. The average Bonchev–Trinajstić information content (AvgIpc) is 2.26. The fraction of sp³-hybridized carbons (Fsp3) is 0.500. The SMILES string of the molecule is CN(C1CCC1)S(=O)(=O)c1ccc(Cl)c(CO)c1Cl. The minimum Gasteiger partial charge on any atom is -0.392 e. The first-order chi connectivity index (χ1) is 8.89. The van der Waals surface area contributed by atoms with Crippen LogP contribution in [-0.4, -0.2) is 30.9 Å². The standard InChI is InChI=1S/C12H15Cl2NO3S/c1-15(8-3-2-4-8)19(17,18)11-6-5-10(13)9(7-16)12(11)14/h5-6,8,16H,2-4,7H2,1H3. The van der Waals surface area contributed by atoms with Crippen LogP contribution in [0.4, 0.5) is 0 Å². The van der Waals surface area contributed by atoms with Gasteiger partial charge in [0.05, 0.1) is 11.6 Å². The summed E-state index contributed by atoms with van der Waals surface area (Å²) in [5.74, 6) is 0. The Morgan fingerprint density at radius 3 is 2.47 bits per heavy atom. The van der Waals surface area contributed by atoms with Gasteiger partial charge in [-0.15, -0.1) is 0 Å². The monoisotopic (exact) mass is 323 g/mol. The van der Waals surface area contributed by atoms with Crippen molar-refractivity contribution >= 4 is 33.2 Å². The molecule has 1 aliphatic rings. The summed E-state index contributed by atoms with van der Waals surface area (Å²) in [5.41, 5.74) is 0.242. The van der Waals surface area contributed by atoms with E-state index in [1.807, 2.05) is 0 Å². The average molecular weight is 324 g/mol. The van der Waals surface area contributed by atoms with Crippen molar-refractivity contribution in [3.05, 3.63) is 27.7 Å². The summed E-state index contributed by atoms with van der Waals surface area (Å²) >= 11 is 11.9. The Morgan fingerprint density at radius 1 is 1.37 bits per heavy atom. The van der Waals surface area contributed by atoms with Crippen LogP contribution in [0.2, 0.25) is 10.0 Å². The van der Waals surface area contributed by atoms with Gasteiger partial charge >= 0.3 is 0 Å². The predicted molar refractivity (Wildman–Crippen MR) is 75.0 cm³/mol. The molecule has 0 unspecified atom stereocenters. The van der Waals surface area contributed by atoms with Crippen molar-refractivity contribution in [2.75, 3.05) is 7.05 Å². The zero-order chi connectivity index (χ0) is 14.2. The molecule has 0 radical (unpaired) electrons. The van der Waals surface area contributed by atoms with Crippen LogP contribution < -0.4 is 0 Å². The lowest BCUT2D eigenvalue weighted by Gasteiger charge is -2.34. The second-order valence-electron chi connectivity index (χ2n) is 4.60. The van der Waals surface area contributed by atoms with Crippen molar-refractivity contribution in [2.24, 2.45) is 0 Å². The molecule has 106 valence electrons. The van der Waals surface area contributed by atoms with Gasteiger partial charge < -0.3 is 5.11 Å². The van der Waals surface area contributed by atoms with E-state index in [9.17, 15) is 13.5 Å². The van der Waals surface area contributed by atoms with Gasteiger partial charge in [0.1, 0.15) is 4.90 Å². The highest BCUT2D eigenvalue weighted by molar-refractivity contribution is 7.89. The van der Waals surface area contributed by atoms with E-state index in [1.54, 1.807) is 7.05 Å². The molecular formula is C12H15Cl2NO3S. The number of aliphatic hydroxyl groups excluding tert-OH is 1. The molecule has 1 fully saturated rings. The molecule has 1 aromatic carbocycles. The minimum absolute atomic E-state index is 0.00109. The normalized spacial score (nSPS) is 16.7. The molecule has 1 N–H and O–H groups in total. The molecule has 1 aliphatic carbocycles. The Morgan fingerprint density at radius 2 is 2.00 bits per heavy atom. The molecular weight excluding hydrogens is 309 g/mol. The molecule has 1 saturated carbocycles. The van der Waals surface area contributed by atoms with Gasteiger partial charge in [0, 0.05) is 23.7 Å². The Balaban J connectivity index is 2.46. The third-order valence-electron chi connectivity index (χ3n) is 3.55. The van der Waals surface area contributed by atoms with Crippen LogP contribution in [0.1, 0.15) is 24.8 Å². The van der Waals surface area contributed by atoms with Gasteiger partial charge in [-0.3, -0.25) is 0 Å². The summed E-state index contributed by atoms with van der Waals surface area (Å²) in [4.78, 5) is -0.00276. The van der Waals surface area contributed by atoms with Crippen molar-refractivity contribution in [3.63, 3.8) is 0 Å². The van der Waals surface area contributed by atoms with E-state index in [0.717, 1.165) is 19.3 Å². The molecule has 0 heterocycles. The number of halogens is 2. The maximum atomic E-state index is 12.5. The second-order valence-corrected chi connectivity index (χ2v) is 7.35. The van der Waals surface area contributed by atoms with E-state index in [-0.39, 0.29) is 26.5 Å². The highest BCUT2D eigenvalue weighted by Crippen LogP contribution is 2.35. The third-order valence-corrected chi connectivity index (χ3v) is 6.40. The summed E-state index contributed by atoms with van der Waals surface area (Å²) in [6, 6.07) is 2.86. The number of aliphatic hydroxyl groups is 1. The van der Waals surface area contributed by atoms with E-state index < -0.39 is 16.6 Å². The number of hydrogen-bond donors (Lipinski definition) is 1. The van der Waals surface area contributed by atoms with E-state index in [0.29, 0.717) is 0 Å². The molecule has 0 spiro atoms. The lowest BCUT2D eigenvalue weighted by molar-refractivity contribution is 0.249. The summed E-state index contributed by atoms with van der Waals surface area (Å²) in [5, 5.41) is 9.48. The topological polar surface area (TPSA) is 57.6 Å². The molecule has 19 heavy (non-hydrogen) atoms. The van der Waals surface area contributed by atoms with Gasteiger partial charge in [-0.05, 0) is 25.0 Å². The lowest BCUT2D eigenvalue weighted by Crippen LogP contribution is -2.41. The van der Waals surface area contributed by atoms with E-state index in [4.69, 9.17) is 23.2 Å². The quantitative estimate of drug-likeness (QED) is 0.926. The first kappa shape index (κ1) is 15.1. The van der Waals surface area contributed by atoms with Crippen LogP contribution in [0.15, 0.2) is 17.0 Å². The summed E-state index contributed by atoms with van der Waals surface area (Å²) in [6.45, 7) is -0.395. The van der Waals surface area contributed by atoms with Crippen LogP contribution >= 0.6 is 23.2 Å². The van der Waals surface area contributed by atoms with Crippen LogP contribution in [0.25, 0.3) is 0 Å². The Bertz CT molecular complexity index is 585. The molecule has 0 aromatic heterocycles. The van der Waals surface area contributed by atoms with Gasteiger partial charge in [0.2, 0.25) is 10.0 Å². The molecule has 2 rings (SSSR count). The van der Waals surface area contributed by atoms with Crippen molar-refractivity contribution < 1.29 is 13.5 Å². The molecule has 0 atom stereocenters. The zero-order valence-corrected chi connectivity index (χ0v) is 12.8. The largest absolute Gasteiger partial charge is 0.392 e. The van der Waals surface area contributed by atoms with E-state index >= 15 is 0 Å². The Labute approximate surface area is 123 Å². The van der Waals surface area contributed by atoms with Gasteiger partial charge in [0.25, 0.3) is 0 Å². The fourth-order valence-electron chi connectivity index (χ4n) is 2.02. The van der Waals surface area contributed by atoms with Gasteiger partial charge in [-0.1, -0.05) is 29.6 Å². The summed E-state index contributed by atoms with van der Waals surface area (Å²) in [7, 11) is -2.09. The summed E-state index contributed by atoms with van der Waals surface area (Å²) in [6.07, 6.45) is 2.78. The van der Waals surface area contributed by atoms with Gasteiger partial charge in [-0.25, -0.2) is 8.42 Å². The van der Waals surface area contributed by atoms with Crippen molar-refractivity contribution in [1.82, 2.24) is 4.31 Å². The number of rotatable bonds is 4. The van der Waals surface area contributed by atoms with Crippen molar-refractivity contribution in [3.8, 4) is 0 Å². The number of sulfonamides is 1. The number of benzene rings is 1. The molecule has 0 bridgehead atoms. The first-order valence-electron chi connectivity index (χ1n) is 5.95. The van der Waals surface area contributed by atoms with Gasteiger partial charge in [-0.2, -0.15) is 4.31 Å². The molecule has 0 aliphatic heterocycles. The molecule has 0 saturated heterocycles. The third kappa shape index (κ3) is 2.62. The molecule has 7 heteroatoms. The number of nitrogens with zero attached hydrogens (tertiary/aromatic N) is 1. The number of hydrogen-bond acceptors (Lipinski definition) is 3. The Kier molecular flexibility index (Phi) is 4.42. The fourth-order valence-corrected chi connectivity index (χ4v) is 4.31. The molecule has 4 nitrogen and oxygen atoms in total. The highest BCUT2D eigenvalue weighted by atomic mass is 35.5. The van der Waals surface area contributed by atoms with E-state index in [2.05, 4.69) is 0 Å². The highest BCUT2D eigenvalue weighted by Gasteiger charge is 2.33. The van der Waals surface area contributed by atoms with Crippen molar-refractivity contribution in [2.45, 2.75) is 36.8 Å². The van der Waals surface area contributed by atoms with Crippen LogP contribution in [0.3, 0.4) is 0 Å². The Hall–Kier alpha value is -0.330. The maximum Gasteiger partial charge on any atom is 0.244 e. The van der Waals surface area contributed by atoms with Crippen LogP contribution in [0, 0.1) is 0 Å². The van der Waals surface area contributed by atoms with Crippen molar-refractivity contribution in [1.29, 1.82) is 0 Å². The molecule has 0 amide bonds. The summed E-state index contributed by atoms with van der Waals surface area (Å²) < 4.78 is 26.3. The predicted octanol–water partition coefficient (Wildman–Crippen LogP) is 2.66. The van der Waals surface area contributed by atoms with Crippen LogP contribution in [-0.2, 0) is 16.6 Å². The van der Waals surface area contributed by atoms with Crippen LogP contribution in [0.5, 0.6) is 0 Å². The minimum atomic E-state index is -3.65. The maximum absolute atomic E-state index is 12.5. The lowest BCUT2D eigenvalue weighted by atomic mass is 9.94. The van der Waals surface area contributed by atoms with Gasteiger partial charge in [0.15, 0.2) is 0 Å². The second kappa shape index (κ2) is 5.58. The first-order valence-corrected chi connectivity index (χ1v) is 8.15.